The lowest BCUT2D eigenvalue weighted by atomic mass is 10.1. The molecule has 0 saturated carbocycles. The molecule has 0 aliphatic heterocycles. The molecule has 3 aromatic rings. The van der Waals surface area contributed by atoms with E-state index in [1.165, 1.54) is 18.3 Å². The molecular weight excluding hydrogens is 406 g/mol. The first-order valence-corrected chi connectivity index (χ1v) is 10.0. The quantitative estimate of drug-likeness (QED) is 0.584. The van der Waals surface area contributed by atoms with E-state index in [-0.39, 0.29) is 30.6 Å². The van der Waals surface area contributed by atoms with Gasteiger partial charge < -0.3 is 10.6 Å². The van der Waals surface area contributed by atoms with Crippen molar-refractivity contribution in [2.75, 3.05) is 11.9 Å². The zero-order valence-electron chi connectivity index (χ0n) is 16.4. The molecule has 3 rings (SSSR count). The summed E-state index contributed by atoms with van der Waals surface area (Å²) in [5.41, 5.74) is 4.96. The van der Waals surface area contributed by atoms with Gasteiger partial charge in [-0.25, -0.2) is 4.98 Å². The highest BCUT2D eigenvalue weighted by Crippen LogP contribution is 2.23. The summed E-state index contributed by atoms with van der Waals surface area (Å²) in [4.78, 5) is 27.8. The highest BCUT2D eigenvalue weighted by molar-refractivity contribution is 7.10. The maximum atomic E-state index is 12.3. The van der Waals surface area contributed by atoms with Gasteiger partial charge in [0.05, 0.1) is 12.1 Å². The minimum absolute atomic E-state index is 0. The number of hydrogen-bond acceptors (Lipinski definition) is 4. The highest BCUT2D eigenvalue weighted by atomic mass is 35.5. The van der Waals surface area contributed by atoms with Gasteiger partial charge in [-0.3, -0.25) is 9.59 Å². The van der Waals surface area contributed by atoms with Crippen molar-refractivity contribution in [3.05, 3.63) is 70.0 Å². The SMILES string of the molecule is CC(=O)NCCc1ccc(-c2csc(CC(=O)Nc3cccc(C)c3)n2)cc1.Cl. The Hall–Kier alpha value is -2.70. The zero-order valence-corrected chi connectivity index (χ0v) is 18.0. The Morgan fingerprint density at radius 2 is 1.86 bits per heavy atom. The van der Waals surface area contributed by atoms with Crippen LogP contribution in [0.25, 0.3) is 11.3 Å². The fraction of sp³-hybridized carbons (Fsp3) is 0.227. The average Bonchev–Trinajstić information content (AvgIpc) is 3.10. The normalized spacial score (nSPS) is 10.1. The first-order valence-electron chi connectivity index (χ1n) is 9.14. The summed E-state index contributed by atoms with van der Waals surface area (Å²) in [6, 6.07) is 15.9. The van der Waals surface area contributed by atoms with Gasteiger partial charge >= 0.3 is 0 Å². The number of benzene rings is 2. The smallest absolute Gasteiger partial charge is 0.231 e. The molecule has 1 aromatic heterocycles. The minimum atomic E-state index is -0.0696. The summed E-state index contributed by atoms with van der Waals surface area (Å²) in [6.07, 6.45) is 1.05. The number of hydrogen-bond donors (Lipinski definition) is 2. The van der Waals surface area contributed by atoms with Crippen LogP contribution in [0.3, 0.4) is 0 Å². The van der Waals surface area contributed by atoms with Crippen LogP contribution < -0.4 is 10.6 Å². The Labute approximate surface area is 181 Å². The van der Waals surface area contributed by atoms with Crippen molar-refractivity contribution < 1.29 is 9.59 Å². The van der Waals surface area contributed by atoms with Crippen LogP contribution in [-0.4, -0.2) is 23.3 Å². The van der Waals surface area contributed by atoms with E-state index in [1.54, 1.807) is 0 Å². The number of rotatable bonds is 7. The number of aromatic nitrogens is 1. The number of aryl methyl sites for hydroxylation is 1. The standard InChI is InChI=1S/C22H23N3O2S.ClH/c1-15-4-3-5-19(12-15)24-21(27)13-22-25-20(14-28-22)18-8-6-17(7-9-18)10-11-23-16(2)26;/h3-9,12,14H,10-11,13H2,1-2H3,(H,23,26)(H,24,27);1H. The molecule has 5 nitrogen and oxygen atoms in total. The topological polar surface area (TPSA) is 71.1 Å². The van der Waals surface area contributed by atoms with Crippen molar-refractivity contribution in [2.24, 2.45) is 0 Å². The maximum absolute atomic E-state index is 12.3. The molecule has 0 fully saturated rings. The van der Waals surface area contributed by atoms with Crippen molar-refractivity contribution in [1.82, 2.24) is 10.3 Å². The number of carbonyl (C=O) groups excluding carboxylic acids is 2. The average molecular weight is 430 g/mol. The molecule has 0 aliphatic carbocycles. The zero-order chi connectivity index (χ0) is 19.9. The first-order chi connectivity index (χ1) is 13.5. The predicted molar refractivity (Wildman–Crippen MR) is 121 cm³/mol. The molecule has 0 bridgehead atoms. The Kier molecular flexibility index (Phi) is 8.36. The Balaban J connectivity index is 0.00000300. The van der Waals surface area contributed by atoms with Gasteiger partial charge in [0.25, 0.3) is 0 Å². The van der Waals surface area contributed by atoms with Gasteiger partial charge in [-0.1, -0.05) is 36.4 Å². The van der Waals surface area contributed by atoms with Crippen LogP contribution in [0.4, 0.5) is 5.69 Å². The van der Waals surface area contributed by atoms with Crippen molar-refractivity contribution >= 4 is 41.2 Å². The lowest BCUT2D eigenvalue weighted by Crippen LogP contribution is -2.22. The van der Waals surface area contributed by atoms with E-state index in [1.807, 2.05) is 60.8 Å². The van der Waals surface area contributed by atoms with Gasteiger partial charge in [0.1, 0.15) is 5.01 Å². The Bertz CT molecular complexity index is 970. The number of halogens is 1. The molecule has 152 valence electrons. The summed E-state index contributed by atoms with van der Waals surface area (Å²) >= 11 is 1.49. The fourth-order valence-corrected chi connectivity index (χ4v) is 3.62. The van der Waals surface area contributed by atoms with Crippen LogP contribution in [0, 0.1) is 6.92 Å². The summed E-state index contributed by atoms with van der Waals surface area (Å²) in [7, 11) is 0. The molecule has 0 atom stereocenters. The number of anilines is 1. The molecule has 0 saturated heterocycles. The van der Waals surface area contributed by atoms with Crippen LogP contribution in [0.15, 0.2) is 53.9 Å². The van der Waals surface area contributed by atoms with Crippen LogP contribution in [0.5, 0.6) is 0 Å². The largest absolute Gasteiger partial charge is 0.356 e. The van der Waals surface area contributed by atoms with Crippen molar-refractivity contribution in [1.29, 1.82) is 0 Å². The monoisotopic (exact) mass is 429 g/mol. The molecule has 0 radical (unpaired) electrons. The maximum Gasteiger partial charge on any atom is 0.231 e. The first kappa shape index (κ1) is 22.6. The lowest BCUT2D eigenvalue weighted by Gasteiger charge is -2.05. The van der Waals surface area contributed by atoms with Crippen LogP contribution in [0.1, 0.15) is 23.1 Å². The molecule has 0 unspecified atom stereocenters. The van der Waals surface area contributed by atoms with Gasteiger partial charge in [-0.2, -0.15) is 0 Å². The second kappa shape index (κ2) is 10.7. The lowest BCUT2D eigenvalue weighted by molar-refractivity contribution is -0.119. The van der Waals surface area contributed by atoms with E-state index in [0.717, 1.165) is 39.5 Å². The third-order valence-electron chi connectivity index (χ3n) is 4.20. The molecule has 2 amide bonds. The van der Waals surface area contributed by atoms with Gasteiger partial charge in [0.2, 0.25) is 11.8 Å². The number of thiazole rings is 1. The van der Waals surface area contributed by atoms with Crippen LogP contribution in [-0.2, 0) is 22.4 Å². The molecule has 0 spiro atoms. The summed E-state index contributed by atoms with van der Waals surface area (Å²) < 4.78 is 0. The van der Waals surface area contributed by atoms with Gasteiger partial charge in [-0.05, 0) is 36.6 Å². The highest BCUT2D eigenvalue weighted by Gasteiger charge is 2.10. The Morgan fingerprint density at radius 3 is 2.55 bits per heavy atom. The fourth-order valence-electron chi connectivity index (χ4n) is 2.82. The molecule has 29 heavy (non-hydrogen) atoms. The van der Waals surface area contributed by atoms with E-state index in [9.17, 15) is 9.59 Å². The van der Waals surface area contributed by atoms with E-state index in [0.29, 0.717) is 6.54 Å². The minimum Gasteiger partial charge on any atom is -0.356 e. The van der Waals surface area contributed by atoms with Gasteiger partial charge in [0.15, 0.2) is 0 Å². The van der Waals surface area contributed by atoms with Gasteiger partial charge in [0, 0.05) is 30.1 Å². The summed E-state index contributed by atoms with van der Waals surface area (Å²) in [5.74, 6) is -0.0853. The van der Waals surface area contributed by atoms with E-state index < -0.39 is 0 Å². The molecule has 7 heteroatoms. The predicted octanol–water partition coefficient (Wildman–Crippen LogP) is 4.40. The number of nitrogens with one attached hydrogen (secondary N) is 2. The third kappa shape index (κ3) is 7.00. The van der Waals surface area contributed by atoms with E-state index >= 15 is 0 Å². The number of carbonyl (C=O) groups is 2. The molecule has 2 aromatic carbocycles. The number of amides is 2. The Morgan fingerprint density at radius 1 is 1.10 bits per heavy atom. The van der Waals surface area contributed by atoms with Crippen molar-refractivity contribution in [2.45, 2.75) is 26.7 Å². The second-order valence-corrected chi connectivity index (χ2v) is 7.59. The van der Waals surface area contributed by atoms with Gasteiger partial charge in [-0.15, -0.1) is 23.7 Å². The number of nitrogens with zero attached hydrogens (tertiary/aromatic N) is 1. The second-order valence-electron chi connectivity index (χ2n) is 6.65. The van der Waals surface area contributed by atoms with Crippen LogP contribution in [0.2, 0.25) is 0 Å². The van der Waals surface area contributed by atoms with E-state index in [4.69, 9.17) is 0 Å². The van der Waals surface area contributed by atoms with Crippen LogP contribution >= 0.6 is 23.7 Å². The molecule has 0 aliphatic rings. The molecule has 1 heterocycles. The van der Waals surface area contributed by atoms with Crippen molar-refractivity contribution in [3.63, 3.8) is 0 Å². The summed E-state index contributed by atoms with van der Waals surface area (Å²) in [6.45, 7) is 4.14. The van der Waals surface area contributed by atoms with E-state index in [2.05, 4.69) is 15.6 Å². The van der Waals surface area contributed by atoms with Crippen molar-refractivity contribution in [3.8, 4) is 11.3 Å². The third-order valence-corrected chi connectivity index (χ3v) is 5.05. The molecular formula is C22H24ClN3O2S. The summed E-state index contributed by atoms with van der Waals surface area (Å²) in [5, 5.41) is 8.47. The molecule has 2 N–H and O–H groups in total.